The minimum absolute atomic E-state index is 0.00979. The lowest BCUT2D eigenvalue weighted by Gasteiger charge is -2.36. The summed E-state index contributed by atoms with van der Waals surface area (Å²) in [5, 5.41) is 30.8. The van der Waals surface area contributed by atoms with Crippen molar-refractivity contribution >= 4 is 11.4 Å². The lowest BCUT2D eigenvalue weighted by atomic mass is 9.91. The molecule has 0 amide bonds. The molecule has 0 spiro atoms. The third-order valence-electron chi connectivity index (χ3n) is 4.69. The zero-order valence-electron chi connectivity index (χ0n) is 13.9. The van der Waals surface area contributed by atoms with Gasteiger partial charge >= 0.3 is 0 Å². The van der Waals surface area contributed by atoms with Crippen molar-refractivity contribution in [1.82, 2.24) is 9.55 Å². The van der Waals surface area contributed by atoms with Gasteiger partial charge in [0.15, 0.2) is 0 Å². The van der Waals surface area contributed by atoms with Crippen LogP contribution >= 0.6 is 0 Å². The van der Waals surface area contributed by atoms with Gasteiger partial charge in [0.05, 0.1) is 4.92 Å². The second-order valence-electron chi connectivity index (χ2n) is 6.26. The van der Waals surface area contributed by atoms with Gasteiger partial charge in [-0.1, -0.05) is 0 Å². The van der Waals surface area contributed by atoms with E-state index in [4.69, 9.17) is 5.26 Å². The number of imidazole rings is 1. The zero-order valence-corrected chi connectivity index (χ0v) is 13.9. The highest BCUT2D eigenvalue weighted by Gasteiger charge is 2.29. The molecule has 0 saturated carbocycles. The normalized spacial score (nSPS) is 18.6. The molecule has 1 saturated heterocycles. The van der Waals surface area contributed by atoms with Gasteiger partial charge in [-0.15, -0.1) is 0 Å². The fourth-order valence-electron chi connectivity index (χ4n) is 3.34. The lowest BCUT2D eigenvalue weighted by molar-refractivity contribution is -0.385. The Morgan fingerprint density at radius 3 is 2.96 bits per heavy atom. The predicted octanol–water partition coefficient (Wildman–Crippen LogP) is 2.15. The quantitative estimate of drug-likeness (QED) is 0.674. The number of nitrogens with zero attached hydrogens (tertiary/aromatic N) is 5. The number of aliphatic hydroxyl groups excluding tert-OH is 1. The van der Waals surface area contributed by atoms with Gasteiger partial charge in [0, 0.05) is 50.2 Å². The van der Waals surface area contributed by atoms with Gasteiger partial charge in [-0.2, -0.15) is 5.26 Å². The molecule has 1 aromatic heterocycles. The van der Waals surface area contributed by atoms with Gasteiger partial charge < -0.3 is 14.6 Å². The van der Waals surface area contributed by atoms with Crippen LogP contribution in [0.1, 0.15) is 30.3 Å². The van der Waals surface area contributed by atoms with Gasteiger partial charge in [-0.25, -0.2) is 4.98 Å². The Hall–Kier alpha value is -2.92. The molecular weight excluding hydrogens is 322 g/mol. The Morgan fingerprint density at radius 1 is 1.52 bits per heavy atom. The van der Waals surface area contributed by atoms with E-state index in [0.29, 0.717) is 12.4 Å². The van der Waals surface area contributed by atoms with E-state index in [1.165, 1.54) is 6.07 Å². The fraction of sp³-hybridized carbons (Fsp3) is 0.412. The molecule has 0 unspecified atom stereocenters. The first kappa shape index (κ1) is 16.9. The molecule has 3 rings (SSSR count). The molecule has 0 aliphatic carbocycles. The first-order chi connectivity index (χ1) is 12.0. The van der Waals surface area contributed by atoms with Crippen LogP contribution < -0.4 is 4.90 Å². The highest BCUT2D eigenvalue weighted by Crippen LogP contribution is 2.32. The number of anilines is 1. The van der Waals surface area contributed by atoms with Crippen molar-refractivity contribution in [3.05, 3.63) is 52.1 Å². The fourth-order valence-corrected chi connectivity index (χ4v) is 3.34. The smallest absolute Gasteiger partial charge is 0.287 e. The molecule has 1 aromatic carbocycles. The van der Waals surface area contributed by atoms with Crippen LogP contribution in [-0.4, -0.2) is 32.7 Å². The molecule has 1 aliphatic rings. The maximum absolute atomic E-state index is 11.0. The predicted molar refractivity (Wildman–Crippen MR) is 90.9 cm³/mol. The monoisotopic (exact) mass is 341 g/mol. The zero-order chi connectivity index (χ0) is 18.0. The van der Waals surface area contributed by atoms with E-state index < -0.39 is 11.0 Å². The van der Waals surface area contributed by atoms with Crippen LogP contribution in [0.2, 0.25) is 0 Å². The third kappa shape index (κ3) is 3.32. The highest BCUT2D eigenvalue weighted by atomic mass is 16.6. The van der Waals surface area contributed by atoms with E-state index in [-0.39, 0.29) is 17.2 Å². The van der Waals surface area contributed by atoms with Crippen molar-refractivity contribution in [3.8, 4) is 6.07 Å². The number of aromatic nitrogens is 2. The maximum atomic E-state index is 11.0. The van der Waals surface area contributed by atoms with Crippen molar-refractivity contribution in [3.63, 3.8) is 0 Å². The summed E-state index contributed by atoms with van der Waals surface area (Å²) in [6, 6.07) is 6.47. The molecule has 0 bridgehead atoms. The number of nitriles is 1. The number of aryl methyl sites for hydroxylation is 1. The number of nitro groups is 1. The van der Waals surface area contributed by atoms with Crippen molar-refractivity contribution in [2.75, 3.05) is 18.0 Å². The molecule has 8 heteroatoms. The van der Waals surface area contributed by atoms with Crippen molar-refractivity contribution in [2.24, 2.45) is 13.0 Å². The number of aliphatic hydroxyl groups is 1. The first-order valence-corrected chi connectivity index (χ1v) is 8.10. The van der Waals surface area contributed by atoms with Crippen LogP contribution in [0.5, 0.6) is 0 Å². The molecule has 1 fully saturated rings. The Balaban J connectivity index is 1.81. The summed E-state index contributed by atoms with van der Waals surface area (Å²) in [7, 11) is 1.85. The van der Waals surface area contributed by atoms with E-state index >= 15 is 0 Å². The van der Waals surface area contributed by atoms with E-state index in [0.717, 1.165) is 25.1 Å². The highest BCUT2D eigenvalue weighted by molar-refractivity contribution is 5.60. The van der Waals surface area contributed by atoms with E-state index in [9.17, 15) is 15.2 Å². The Bertz CT molecular complexity index is 826. The van der Waals surface area contributed by atoms with E-state index in [2.05, 4.69) is 9.88 Å². The van der Waals surface area contributed by atoms with Gasteiger partial charge in [0.1, 0.15) is 23.6 Å². The van der Waals surface area contributed by atoms with Crippen molar-refractivity contribution in [1.29, 1.82) is 5.26 Å². The molecule has 1 aliphatic heterocycles. The maximum Gasteiger partial charge on any atom is 0.287 e. The van der Waals surface area contributed by atoms with Gasteiger partial charge in [0.25, 0.3) is 5.69 Å². The average molecular weight is 341 g/mol. The number of rotatable bonds is 4. The summed E-state index contributed by atoms with van der Waals surface area (Å²) in [5.41, 5.74) is 0.626. The molecule has 2 aromatic rings. The lowest BCUT2D eigenvalue weighted by Crippen LogP contribution is -2.38. The van der Waals surface area contributed by atoms with E-state index in [1.807, 2.05) is 17.7 Å². The van der Waals surface area contributed by atoms with Gasteiger partial charge in [0.2, 0.25) is 0 Å². The van der Waals surface area contributed by atoms with Gasteiger partial charge in [-0.3, -0.25) is 10.1 Å². The molecule has 25 heavy (non-hydrogen) atoms. The van der Waals surface area contributed by atoms with Gasteiger partial charge in [-0.05, 0) is 25.0 Å². The number of hydrogen-bond donors (Lipinski definition) is 1. The molecule has 8 nitrogen and oxygen atoms in total. The first-order valence-electron chi connectivity index (χ1n) is 8.10. The van der Waals surface area contributed by atoms with Crippen LogP contribution in [0.3, 0.4) is 0 Å². The Labute approximate surface area is 145 Å². The summed E-state index contributed by atoms with van der Waals surface area (Å²) < 4.78 is 1.81. The largest absolute Gasteiger partial charge is 0.385 e. The summed E-state index contributed by atoms with van der Waals surface area (Å²) >= 11 is 0. The molecule has 130 valence electrons. The molecule has 2 atom stereocenters. The second kappa shape index (κ2) is 6.91. The van der Waals surface area contributed by atoms with Crippen LogP contribution in [0.25, 0.3) is 0 Å². The molecule has 2 heterocycles. The van der Waals surface area contributed by atoms with Crippen molar-refractivity contribution in [2.45, 2.75) is 18.9 Å². The second-order valence-corrected chi connectivity index (χ2v) is 6.26. The van der Waals surface area contributed by atoms with Crippen molar-refractivity contribution < 1.29 is 10.0 Å². The van der Waals surface area contributed by atoms with E-state index in [1.54, 1.807) is 24.5 Å². The Morgan fingerprint density at radius 2 is 2.32 bits per heavy atom. The number of hydrogen-bond acceptors (Lipinski definition) is 6. The summed E-state index contributed by atoms with van der Waals surface area (Å²) in [6.07, 6.45) is 4.56. The summed E-state index contributed by atoms with van der Waals surface area (Å²) in [5.74, 6) is 0.642. The molecule has 1 N–H and O–H groups in total. The third-order valence-corrected chi connectivity index (χ3v) is 4.69. The Kier molecular flexibility index (Phi) is 4.67. The van der Waals surface area contributed by atoms with Crippen LogP contribution in [-0.2, 0) is 7.05 Å². The molecule has 0 radical (unpaired) electrons. The minimum atomic E-state index is -0.670. The number of nitro benzene ring substituents is 1. The topological polar surface area (TPSA) is 108 Å². The number of piperidine rings is 1. The average Bonchev–Trinajstić information content (AvgIpc) is 3.06. The molecular formula is C17H19N5O3. The standard InChI is InChI=1S/C17H19N5O3/c1-20-8-6-19-17(20)16(23)12-3-2-7-21(11-12)14-4-5-15(22(24)25)13(9-14)10-18/h4-6,8-9,12,16,23H,2-3,7,11H2,1H3/t12-,16-/m0/s1. The minimum Gasteiger partial charge on any atom is -0.385 e. The number of benzene rings is 1. The SMILES string of the molecule is Cn1ccnc1[C@@H](O)[C@H]1CCCN(c2ccc([N+](=O)[O-])c(C#N)c2)C1. The summed E-state index contributed by atoms with van der Waals surface area (Å²) in [6.45, 7) is 1.39. The van der Waals surface area contributed by atoms with Crippen LogP contribution in [0, 0.1) is 27.4 Å². The van der Waals surface area contributed by atoms with Crippen LogP contribution in [0.15, 0.2) is 30.6 Å². The van der Waals surface area contributed by atoms with Crippen LogP contribution in [0.4, 0.5) is 11.4 Å². The summed E-state index contributed by atoms with van der Waals surface area (Å²) in [4.78, 5) is 16.7.